The smallest absolute Gasteiger partial charge is 0.223 e. The topological polar surface area (TPSA) is 80.5 Å². The predicted octanol–water partition coefficient (Wildman–Crippen LogP) is 3.32. The molecule has 3 atom stereocenters. The van der Waals surface area contributed by atoms with Gasteiger partial charge < -0.3 is 14.7 Å². The van der Waals surface area contributed by atoms with E-state index in [2.05, 4.69) is 10.1 Å². The highest BCUT2D eigenvalue weighted by atomic mass is 35.5. The quantitative estimate of drug-likeness (QED) is 0.609. The van der Waals surface area contributed by atoms with E-state index in [9.17, 15) is 9.90 Å². The molecule has 158 valence electrons. The van der Waals surface area contributed by atoms with Gasteiger partial charge in [0.2, 0.25) is 5.91 Å². The van der Waals surface area contributed by atoms with Gasteiger partial charge in [-0.25, -0.2) is 4.98 Å². The molecule has 3 aromatic rings. The van der Waals surface area contributed by atoms with Crippen LogP contribution in [0, 0.1) is 5.92 Å². The zero-order valence-electron chi connectivity index (χ0n) is 17.2. The molecule has 8 heteroatoms. The number of fused-ring (bicyclic) bond motifs is 1. The largest absolute Gasteiger partial charge is 0.497 e. The number of hydrogen-bond acceptors (Lipinski definition) is 5. The van der Waals surface area contributed by atoms with E-state index in [-0.39, 0.29) is 30.4 Å². The van der Waals surface area contributed by atoms with Crippen LogP contribution < -0.4 is 4.74 Å². The summed E-state index contributed by atoms with van der Waals surface area (Å²) in [5, 5.41) is 15.8. The molecule has 1 saturated heterocycles. The molecule has 1 amide bonds. The highest BCUT2D eigenvalue weighted by molar-refractivity contribution is 6.30. The first-order valence-electron chi connectivity index (χ1n) is 9.95. The van der Waals surface area contributed by atoms with Crippen molar-refractivity contribution in [3.8, 4) is 5.75 Å². The van der Waals surface area contributed by atoms with Gasteiger partial charge in [-0.3, -0.25) is 9.48 Å². The fraction of sp³-hybridized carbons (Fsp3) is 0.409. The molecule has 1 aromatic carbocycles. The number of benzene rings is 1. The lowest BCUT2D eigenvalue weighted by atomic mass is 9.87. The van der Waals surface area contributed by atoms with Gasteiger partial charge in [0.15, 0.2) is 0 Å². The Morgan fingerprint density at radius 3 is 2.73 bits per heavy atom. The molecule has 3 heterocycles. The van der Waals surface area contributed by atoms with Crippen LogP contribution >= 0.6 is 11.6 Å². The molecule has 4 rings (SSSR count). The maximum atomic E-state index is 12.9. The van der Waals surface area contributed by atoms with Gasteiger partial charge in [-0.15, -0.1) is 0 Å². The summed E-state index contributed by atoms with van der Waals surface area (Å²) in [7, 11) is 3.47. The molecule has 30 heavy (non-hydrogen) atoms. The van der Waals surface area contributed by atoms with E-state index >= 15 is 0 Å². The van der Waals surface area contributed by atoms with Crippen LogP contribution in [0.2, 0.25) is 5.15 Å². The van der Waals surface area contributed by atoms with Gasteiger partial charge in [0.05, 0.1) is 31.0 Å². The van der Waals surface area contributed by atoms with Gasteiger partial charge in [-0.05, 0) is 30.5 Å². The molecule has 0 spiro atoms. The van der Waals surface area contributed by atoms with Gasteiger partial charge in [0.1, 0.15) is 10.9 Å². The van der Waals surface area contributed by atoms with E-state index in [1.165, 1.54) is 0 Å². The third-order valence-electron chi connectivity index (χ3n) is 5.99. The molecule has 1 fully saturated rings. The summed E-state index contributed by atoms with van der Waals surface area (Å²) >= 11 is 6.22. The Balaban J connectivity index is 1.60. The molecule has 1 aliphatic rings. The molecule has 0 aliphatic carbocycles. The van der Waals surface area contributed by atoms with E-state index in [4.69, 9.17) is 16.3 Å². The molecule has 0 radical (unpaired) electrons. The molecule has 2 aromatic heterocycles. The Labute approximate surface area is 180 Å². The maximum absolute atomic E-state index is 12.9. The van der Waals surface area contributed by atoms with Gasteiger partial charge in [-0.1, -0.05) is 23.7 Å². The summed E-state index contributed by atoms with van der Waals surface area (Å²) in [5.41, 5.74) is 2.48. The van der Waals surface area contributed by atoms with Crippen molar-refractivity contribution in [1.29, 1.82) is 0 Å². The van der Waals surface area contributed by atoms with Crippen molar-refractivity contribution in [2.75, 3.05) is 20.3 Å². The lowest BCUT2D eigenvalue weighted by Gasteiger charge is -2.27. The molecular formula is C22H25ClN4O3. The van der Waals surface area contributed by atoms with E-state index in [1.807, 2.05) is 49.3 Å². The maximum Gasteiger partial charge on any atom is 0.223 e. The summed E-state index contributed by atoms with van der Waals surface area (Å²) in [4.78, 5) is 19.3. The summed E-state index contributed by atoms with van der Waals surface area (Å²) < 4.78 is 6.93. The molecule has 0 bridgehead atoms. The van der Waals surface area contributed by atoms with Crippen molar-refractivity contribution in [2.24, 2.45) is 13.0 Å². The number of likely N-dealkylation sites (tertiary alicyclic amines) is 1. The minimum absolute atomic E-state index is 0.0578. The second kappa shape index (κ2) is 8.24. The summed E-state index contributed by atoms with van der Waals surface area (Å²) in [6, 6.07) is 9.40. The van der Waals surface area contributed by atoms with Gasteiger partial charge in [0.25, 0.3) is 0 Å². The number of aliphatic hydroxyl groups is 1. The Hall–Kier alpha value is -2.64. The van der Waals surface area contributed by atoms with E-state index < -0.39 is 0 Å². The van der Waals surface area contributed by atoms with Crippen molar-refractivity contribution in [3.63, 3.8) is 0 Å². The van der Waals surface area contributed by atoms with Crippen LogP contribution in [0.4, 0.5) is 0 Å². The monoisotopic (exact) mass is 428 g/mol. The van der Waals surface area contributed by atoms with Crippen LogP contribution in [0.3, 0.4) is 0 Å². The first kappa shape index (κ1) is 20.6. The Bertz CT molecular complexity index is 1070. The molecule has 0 unspecified atom stereocenters. The first-order valence-corrected chi connectivity index (χ1v) is 10.3. The normalized spacial score (nSPS) is 18.8. The average Bonchev–Trinajstić information content (AvgIpc) is 3.29. The van der Waals surface area contributed by atoms with Crippen molar-refractivity contribution in [1.82, 2.24) is 19.7 Å². The zero-order chi connectivity index (χ0) is 21.4. The minimum Gasteiger partial charge on any atom is -0.497 e. The number of ether oxygens (including phenoxy) is 1. The standard InChI is InChI=1S/C22H25ClN4O3/c1-13(14-4-6-16(30-3)7-5-14)27-10-15(8-21(27)29)18(12-28)22-17-11-26(2)25-19(17)9-20(23)24-22/h4-7,9,11,13,15,18,28H,8,10,12H2,1-3H3/t13-,15-,18+/m0/s1. The number of halogens is 1. The number of pyridine rings is 1. The number of aromatic nitrogens is 3. The Morgan fingerprint density at radius 1 is 1.33 bits per heavy atom. The Kier molecular flexibility index (Phi) is 5.66. The lowest BCUT2D eigenvalue weighted by molar-refractivity contribution is -0.129. The summed E-state index contributed by atoms with van der Waals surface area (Å²) in [5.74, 6) is 0.501. The number of hydrogen-bond donors (Lipinski definition) is 1. The van der Waals surface area contributed by atoms with Gasteiger partial charge >= 0.3 is 0 Å². The summed E-state index contributed by atoms with van der Waals surface area (Å²) in [6.45, 7) is 2.46. The zero-order valence-corrected chi connectivity index (χ0v) is 18.0. The van der Waals surface area contributed by atoms with Gasteiger partial charge in [-0.2, -0.15) is 5.10 Å². The molecule has 1 N–H and O–H groups in total. The van der Waals surface area contributed by atoms with Crippen molar-refractivity contribution < 1.29 is 14.6 Å². The van der Waals surface area contributed by atoms with Crippen LogP contribution in [-0.2, 0) is 11.8 Å². The number of rotatable bonds is 6. The highest BCUT2D eigenvalue weighted by Gasteiger charge is 2.39. The van der Waals surface area contributed by atoms with Crippen molar-refractivity contribution in [2.45, 2.75) is 25.3 Å². The third-order valence-corrected chi connectivity index (χ3v) is 6.18. The number of amides is 1. The van der Waals surface area contributed by atoms with Crippen molar-refractivity contribution in [3.05, 3.63) is 52.9 Å². The second-order valence-corrected chi connectivity index (χ2v) is 8.20. The molecule has 0 saturated carbocycles. The second-order valence-electron chi connectivity index (χ2n) is 7.81. The van der Waals surface area contributed by atoms with Crippen molar-refractivity contribution >= 4 is 28.4 Å². The SMILES string of the molecule is COc1ccc([C@H](C)N2C[C@@H]([C@@H](CO)c3nc(Cl)cc4nn(C)cc34)CC2=O)cc1. The number of carbonyl (C=O) groups is 1. The predicted molar refractivity (Wildman–Crippen MR) is 115 cm³/mol. The first-order chi connectivity index (χ1) is 14.4. The van der Waals surface area contributed by atoms with Crippen LogP contribution in [0.1, 0.15) is 36.6 Å². The highest BCUT2D eigenvalue weighted by Crippen LogP contribution is 2.38. The fourth-order valence-corrected chi connectivity index (χ4v) is 4.53. The fourth-order valence-electron chi connectivity index (χ4n) is 4.34. The van der Waals surface area contributed by atoms with E-state index in [0.717, 1.165) is 22.2 Å². The lowest BCUT2D eigenvalue weighted by Crippen LogP contribution is -2.29. The number of carbonyl (C=O) groups excluding carboxylic acids is 1. The number of aryl methyl sites for hydroxylation is 1. The Morgan fingerprint density at radius 2 is 2.07 bits per heavy atom. The van der Waals surface area contributed by atoms with Gasteiger partial charge in [0, 0.05) is 43.6 Å². The minimum atomic E-state index is -0.299. The third kappa shape index (κ3) is 3.75. The molecular weight excluding hydrogens is 404 g/mol. The average molecular weight is 429 g/mol. The van der Waals surface area contributed by atoms with Crippen LogP contribution in [0.5, 0.6) is 5.75 Å². The van der Waals surface area contributed by atoms with E-state index in [1.54, 1.807) is 17.9 Å². The number of methoxy groups -OCH3 is 1. The van der Waals surface area contributed by atoms with Crippen LogP contribution in [-0.4, -0.2) is 50.9 Å². The van der Waals surface area contributed by atoms with Crippen LogP contribution in [0.15, 0.2) is 36.5 Å². The molecule has 1 aliphatic heterocycles. The number of aliphatic hydroxyl groups excluding tert-OH is 1. The van der Waals surface area contributed by atoms with E-state index in [0.29, 0.717) is 23.8 Å². The number of nitrogens with zero attached hydrogens (tertiary/aromatic N) is 4. The summed E-state index contributed by atoms with van der Waals surface area (Å²) in [6.07, 6.45) is 2.24. The molecule has 7 nitrogen and oxygen atoms in total. The van der Waals surface area contributed by atoms with Crippen LogP contribution in [0.25, 0.3) is 10.9 Å².